The van der Waals surface area contributed by atoms with Crippen LogP contribution in [0, 0.1) is 10.1 Å². The zero-order valence-corrected chi connectivity index (χ0v) is 33.8. The van der Waals surface area contributed by atoms with Gasteiger partial charge in [0.05, 0.1) is 29.2 Å². The van der Waals surface area contributed by atoms with Crippen molar-refractivity contribution in [1.29, 1.82) is 0 Å². The molecule has 324 valence electrons. The van der Waals surface area contributed by atoms with Crippen LogP contribution >= 0.6 is 0 Å². The molecule has 33 heteroatoms. The van der Waals surface area contributed by atoms with E-state index in [1.54, 1.807) is 0 Å². The number of azo groups is 3. The van der Waals surface area contributed by atoms with Crippen molar-refractivity contribution in [1.82, 2.24) is 0 Å². The van der Waals surface area contributed by atoms with Crippen LogP contribution in [0.5, 0.6) is 17.2 Å². The number of nitro groups is 1. The summed E-state index contributed by atoms with van der Waals surface area (Å²) >= 11 is 0. The number of hydrogen-bond acceptors (Lipinski definition) is 22. The molecule has 28 nitrogen and oxygen atoms in total. The average Bonchev–Trinajstić information content (AvgIpc) is 3.12. The van der Waals surface area contributed by atoms with Gasteiger partial charge in [-0.15, -0.1) is 20.5 Å². The monoisotopic (exact) mass is 950 g/mol. The number of hydrogen-bond donors (Lipinski definition) is 8. The van der Waals surface area contributed by atoms with Crippen LogP contribution in [0.4, 0.5) is 39.8 Å². The highest BCUT2D eigenvalue weighted by molar-refractivity contribution is 7.87. The predicted octanol–water partition coefficient (Wildman–Crippen LogP) is 4.68. The number of nitrogen functional groups attached to an aromatic ring is 1. The second-order valence-corrected chi connectivity index (χ2v) is 18.6. The van der Waals surface area contributed by atoms with Crippen molar-refractivity contribution in [2.75, 3.05) is 19.9 Å². The molecule has 5 aromatic rings. The van der Waals surface area contributed by atoms with Gasteiger partial charge >= 0.3 is 10.1 Å². The van der Waals surface area contributed by atoms with E-state index in [4.69, 9.17) is 10.5 Å². The second kappa shape index (κ2) is 15.6. The summed E-state index contributed by atoms with van der Waals surface area (Å²) in [6, 6.07) is 3.66. The van der Waals surface area contributed by atoms with Crippen molar-refractivity contribution in [3.63, 3.8) is 0 Å². The molecule has 0 aromatic heterocycles. The molecule has 5 aromatic carbocycles. The molecular formula is C28H22N8O20S5. The summed E-state index contributed by atoms with van der Waals surface area (Å²) < 4.78 is 178. The van der Waals surface area contributed by atoms with Crippen molar-refractivity contribution < 1.29 is 84.7 Å². The Balaban J connectivity index is 1.86. The number of nitro benzene ring substituents is 1. The molecule has 0 unspecified atom stereocenters. The van der Waals surface area contributed by atoms with Gasteiger partial charge in [0.2, 0.25) is 0 Å². The zero-order valence-electron chi connectivity index (χ0n) is 29.7. The smallest absolute Gasteiger partial charge is 0.301 e. The van der Waals surface area contributed by atoms with Gasteiger partial charge in [-0.3, -0.25) is 32.9 Å². The van der Waals surface area contributed by atoms with E-state index in [0.29, 0.717) is 30.3 Å². The standard InChI is InChI=1S/C28H22N8O20S5/c1-30-34-24-20(59(47,48)49)5-11-10(26(24)37)3-4-13(28(11)61(53,54)55)31-33-15-8-18(57(41,42)43)12-6-21(60(50,51)52)25(27(38)22(12)23(15)29)35-32-14-7-19(58(44,45)46)16(36(39)40)9-17(14)56-2/h3-9,37-38H,29H2,1-2H3,(H,41,42,43)(H,44,45,46)(H,47,48,49)(H,50,51,52)(H,53,54,55). The number of nitrogens with zero attached hydrogens (tertiary/aromatic N) is 7. The highest BCUT2D eigenvalue weighted by atomic mass is 32.2. The number of phenolic OH excluding ortho intramolecular Hbond substituents is 2. The summed E-state index contributed by atoms with van der Waals surface area (Å²) in [7, 11) is -25.4. The Morgan fingerprint density at radius 3 is 1.57 bits per heavy atom. The Bertz CT molecular complexity index is 3450. The number of fused-ring (bicyclic) bond motifs is 2. The number of phenols is 2. The average molecular weight is 951 g/mol. The third-order valence-electron chi connectivity index (χ3n) is 8.03. The second-order valence-electron chi connectivity index (χ2n) is 11.7. The van der Waals surface area contributed by atoms with Crippen molar-refractivity contribution in [3.05, 3.63) is 52.6 Å². The SMILES string of the molecule is CN=Nc1c(S(=O)(=O)O)cc2c(S(=O)(=O)O)c(N=Nc3cc(S(=O)(=O)O)c4cc(S(=O)(=O)O)c(N=Nc5cc(S(=O)(=O)O)c([N+](=O)[O-])cc5OC)c(O)c4c3N)ccc2c1O. The Morgan fingerprint density at radius 2 is 1.08 bits per heavy atom. The van der Waals surface area contributed by atoms with Crippen LogP contribution in [0.3, 0.4) is 0 Å². The molecule has 5 rings (SSSR count). The molecule has 9 N–H and O–H groups in total. The molecule has 0 atom stereocenters. The molecule has 0 bridgehead atoms. The van der Waals surface area contributed by atoms with Gasteiger partial charge in [-0.25, -0.2) is 0 Å². The van der Waals surface area contributed by atoms with E-state index in [1.807, 2.05) is 0 Å². The lowest BCUT2D eigenvalue weighted by atomic mass is 10.0. The van der Waals surface area contributed by atoms with Gasteiger partial charge < -0.3 is 20.7 Å². The molecule has 0 aliphatic carbocycles. The molecule has 0 heterocycles. The fraction of sp³-hybridized carbons (Fsp3) is 0.0714. The van der Waals surface area contributed by atoms with Crippen LogP contribution < -0.4 is 10.5 Å². The molecule has 0 fully saturated rings. The van der Waals surface area contributed by atoms with Crippen LogP contribution in [0.2, 0.25) is 0 Å². The maximum absolute atomic E-state index is 12.7. The normalized spacial score (nSPS) is 13.3. The van der Waals surface area contributed by atoms with Crippen LogP contribution in [0.25, 0.3) is 21.5 Å². The lowest BCUT2D eigenvalue weighted by Gasteiger charge is -2.15. The molecular weight excluding hydrogens is 929 g/mol. The van der Waals surface area contributed by atoms with Crippen molar-refractivity contribution in [2.24, 2.45) is 30.7 Å². The zero-order chi connectivity index (χ0) is 45.9. The minimum absolute atomic E-state index is 0.307. The first-order valence-corrected chi connectivity index (χ1v) is 22.5. The first-order chi connectivity index (χ1) is 27.9. The van der Waals surface area contributed by atoms with Gasteiger partial charge in [0, 0.05) is 23.2 Å². The number of benzene rings is 5. The van der Waals surface area contributed by atoms with E-state index < -0.39 is 159 Å². The lowest BCUT2D eigenvalue weighted by Crippen LogP contribution is -2.05. The summed E-state index contributed by atoms with van der Waals surface area (Å²) in [5.41, 5.74) is -0.722. The van der Waals surface area contributed by atoms with Gasteiger partial charge in [-0.1, -0.05) is 0 Å². The van der Waals surface area contributed by atoms with Gasteiger partial charge in [0.1, 0.15) is 48.0 Å². The van der Waals surface area contributed by atoms with E-state index in [-0.39, 0.29) is 0 Å². The van der Waals surface area contributed by atoms with Crippen molar-refractivity contribution in [2.45, 2.75) is 24.5 Å². The number of rotatable bonds is 12. The van der Waals surface area contributed by atoms with Crippen molar-refractivity contribution in [3.8, 4) is 17.2 Å². The Morgan fingerprint density at radius 1 is 0.590 bits per heavy atom. The Labute approximate surface area is 340 Å². The lowest BCUT2D eigenvalue weighted by molar-refractivity contribution is -0.387. The van der Waals surface area contributed by atoms with Gasteiger partial charge in [-0.05, 0) is 36.4 Å². The minimum Gasteiger partial charge on any atom is -0.505 e. The maximum atomic E-state index is 12.7. The van der Waals surface area contributed by atoms with E-state index in [0.717, 1.165) is 26.3 Å². The molecule has 0 radical (unpaired) electrons. The maximum Gasteiger partial charge on any atom is 0.301 e. The minimum atomic E-state index is -5.60. The molecule has 0 aliphatic heterocycles. The number of anilines is 1. The van der Waals surface area contributed by atoms with Crippen LogP contribution in [-0.2, 0) is 50.6 Å². The predicted molar refractivity (Wildman–Crippen MR) is 203 cm³/mol. The van der Waals surface area contributed by atoms with Gasteiger partial charge in [0.15, 0.2) is 22.1 Å². The van der Waals surface area contributed by atoms with Crippen LogP contribution in [0.1, 0.15) is 0 Å². The molecule has 61 heavy (non-hydrogen) atoms. The highest BCUT2D eigenvalue weighted by Crippen LogP contribution is 2.50. The number of ether oxygens (including phenoxy) is 1. The first-order valence-electron chi connectivity index (χ1n) is 15.2. The summed E-state index contributed by atoms with van der Waals surface area (Å²) in [5.74, 6) is -3.18. The number of methoxy groups -OCH3 is 1. The van der Waals surface area contributed by atoms with Crippen LogP contribution in [-0.4, -0.2) is 94.1 Å². The van der Waals surface area contributed by atoms with E-state index in [2.05, 4.69) is 30.7 Å². The van der Waals surface area contributed by atoms with E-state index in [9.17, 15) is 85.2 Å². The van der Waals surface area contributed by atoms with E-state index >= 15 is 0 Å². The summed E-state index contributed by atoms with van der Waals surface area (Å²) in [6.07, 6.45) is 0. The van der Waals surface area contributed by atoms with Gasteiger partial charge in [-0.2, -0.15) is 52.3 Å². The molecule has 0 spiro atoms. The fourth-order valence-corrected chi connectivity index (χ4v) is 9.04. The molecule has 0 saturated carbocycles. The number of nitrogens with two attached hydrogens (primary N) is 1. The molecule has 0 amide bonds. The first kappa shape index (κ1) is 45.7. The Kier molecular flexibility index (Phi) is 11.6. The number of aromatic hydroxyl groups is 2. The van der Waals surface area contributed by atoms with Crippen molar-refractivity contribution >= 4 is 112 Å². The third-order valence-corrected chi connectivity index (χ3v) is 12.5. The third kappa shape index (κ3) is 8.75. The van der Waals surface area contributed by atoms with Crippen LogP contribution in [0.15, 0.2) is 97.6 Å². The van der Waals surface area contributed by atoms with Gasteiger partial charge in [0.25, 0.3) is 46.2 Å². The molecule has 0 aliphatic rings. The topological polar surface area (TPSA) is 465 Å². The molecule has 0 saturated heterocycles. The highest BCUT2D eigenvalue weighted by Gasteiger charge is 2.32. The summed E-state index contributed by atoms with van der Waals surface area (Å²) in [6.45, 7) is 0. The largest absolute Gasteiger partial charge is 0.505 e. The summed E-state index contributed by atoms with van der Waals surface area (Å²) in [5, 5.41) is 51.3. The fourth-order valence-electron chi connectivity index (χ4n) is 5.56. The Hall–Kier alpha value is -6.43. The quantitative estimate of drug-likeness (QED) is 0.0276. The summed E-state index contributed by atoms with van der Waals surface area (Å²) in [4.78, 5) is 3.60. The van der Waals surface area contributed by atoms with E-state index in [1.165, 1.54) is 0 Å².